The molecule has 0 radical (unpaired) electrons. The number of halogens is 1. The zero-order valence-electron chi connectivity index (χ0n) is 11.4. The van der Waals surface area contributed by atoms with Crippen molar-refractivity contribution in [2.45, 2.75) is 31.6 Å². The molecule has 2 rings (SSSR count). The van der Waals surface area contributed by atoms with Crippen molar-refractivity contribution in [2.24, 2.45) is 5.92 Å². The molecule has 1 atom stereocenters. The Bertz CT molecular complexity index is 557. The average Bonchev–Trinajstić information content (AvgIpc) is 2.41. The molecule has 5 heteroatoms. The maximum atomic E-state index is 12.6. The van der Waals surface area contributed by atoms with Gasteiger partial charge in [0.2, 0.25) is 10.0 Å². The molecule has 0 bridgehead atoms. The van der Waals surface area contributed by atoms with E-state index in [0.29, 0.717) is 23.9 Å². The molecule has 3 nitrogen and oxygen atoms in total. The van der Waals surface area contributed by atoms with Crippen LogP contribution >= 0.6 is 15.9 Å². The van der Waals surface area contributed by atoms with Crippen LogP contribution in [0.5, 0.6) is 0 Å². The number of alkyl halides is 1. The normalized spacial score (nSPS) is 21.5. The lowest BCUT2D eigenvalue weighted by Crippen LogP contribution is -2.40. The molecule has 106 valence electrons. The van der Waals surface area contributed by atoms with Crippen molar-refractivity contribution < 1.29 is 8.42 Å². The molecule has 1 fully saturated rings. The summed E-state index contributed by atoms with van der Waals surface area (Å²) in [6, 6.07) is 5.38. The molecule has 0 amide bonds. The van der Waals surface area contributed by atoms with Gasteiger partial charge in [-0.05, 0) is 55.9 Å². The summed E-state index contributed by atoms with van der Waals surface area (Å²) in [4.78, 5) is 0.422. The van der Waals surface area contributed by atoms with Crippen LogP contribution in [0.1, 0.15) is 24.0 Å². The van der Waals surface area contributed by atoms with Gasteiger partial charge in [0, 0.05) is 18.4 Å². The molecule has 1 aromatic rings. The predicted molar refractivity (Wildman–Crippen MR) is 81.2 cm³/mol. The molecule has 1 aliphatic rings. The number of nitrogens with zero attached hydrogens (tertiary/aromatic N) is 1. The zero-order chi connectivity index (χ0) is 14.0. The van der Waals surface area contributed by atoms with Crippen LogP contribution in [-0.4, -0.2) is 31.1 Å². The van der Waals surface area contributed by atoms with Crippen LogP contribution in [0.3, 0.4) is 0 Å². The van der Waals surface area contributed by atoms with E-state index in [1.165, 1.54) is 0 Å². The van der Waals surface area contributed by atoms with Gasteiger partial charge >= 0.3 is 0 Å². The number of hydrogen-bond acceptors (Lipinski definition) is 2. The minimum Gasteiger partial charge on any atom is -0.207 e. The Morgan fingerprint density at radius 1 is 1.32 bits per heavy atom. The highest BCUT2D eigenvalue weighted by Gasteiger charge is 2.29. The van der Waals surface area contributed by atoms with Crippen molar-refractivity contribution in [1.82, 2.24) is 4.31 Å². The monoisotopic (exact) mass is 345 g/mol. The highest BCUT2D eigenvalue weighted by Crippen LogP contribution is 2.25. The van der Waals surface area contributed by atoms with E-state index in [1.807, 2.05) is 19.9 Å². The summed E-state index contributed by atoms with van der Waals surface area (Å²) in [5.41, 5.74) is 2.14. The summed E-state index contributed by atoms with van der Waals surface area (Å²) in [6.45, 7) is 5.21. The number of sulfonamides is 1. The van der Waals surface area contributed by atoms with Gasteiger partial charge in [-0.2, -0.15) is 4.31 Å². The fourth-order valence-electron chi connectivity index (χ4n) is 2.39. The van der Waals surface area contributed by atoms with Gasteiger partial charge in [-0.1, -0.05) is 22.0 Å². The van der Waals surface area contributed by atoms with Crippen molar-refractivity contribution in [3.8, 4) is 0 Å². The number of benzene rings is 1. The molecular formula is C14H20BrNO2S. The Balaban J connectivity index is 2.28. The van der Waals surface area contributed by atoms with E-state index in [-0.39, 0.29) is 0 Å². The van der Waals surface area contributed by atoms with Crippen LogP contribution in [-0.2, 0) is 10.0 Å². The Morgan fingerprint density at radius 3 is 2.68 bits per heavy atom. The zero-order valence-corrected chi connectivity index (χ0v) is 13.8. The third kappa shape index (κ3) is 3.20. The fraction of sp³-hybridized carbons (Fsp3) is 0.571. The molecule has 0 N–H and O–H groups in total. The van der Waals surface area contributed by atoms with Crippen LogP contribution in [0.4, 0.5) is 0 Å². The predicted octanol–water partition coefficient (Wildman–Crippen LogP) is 3.10. The average molecular weight is 346 g/mol. The molecule has 0 aromatic heterocycles. The van der Waals surface area contributed by atoms with Gasteiger partial charge in [0.25, 0.3) is 0 Å². The van der Waals surface area contributed by atoms with Gasteiger partial charge in [-0.3, -0.25) is 0 Å². The third-order valence-electron chi connectivity index (χ3n) is 3.82. The van der Waals surface area contributed by atoms with Crippen LogP contribution in [0.25, 0.3) is 0 Å². The summed E-state index contributed by atoms with van der Waals surface area (Å²) in [5.74, 6) is 0.426. The highest BCUT2D eigenvalue weighted by molar-refractivity contribution is 9.09. The van der Waals surface area contributed by atoms with Gasteiger partial charge < -0.3 is 0 Å². The molecular weight excluding hydrogens is 326 g/mol. The van der Waals surface area contributed by atoms with Gasteiger partial charge in [-0.25, -0.2) is 8.42 Å². The number of rotatable bonds is 3. The van der Waals surface area contributed by atoms with E-state index in [9.17, 15) is 8.42 Å². The second kappa shape index (κ2) is 5.94. The molecule has 1 saturated heterocycles. The van der Waals surface area contributed by atoms with Gasteiger partial charge in [0.1, 0.15) is 0 Å². The Hall–Kier alpha value is -0.390. The molecule has 1 heterocycles. The lowest BCUT2D eigenvalue weighted by atomic mass is 10.0. The topological polar surface area (TPSA) is 37.4 Å². The molecule has 0 spiro atoms. The molecule has 0 aliphatic carbocycles. The Kier molecular flexibility index (Phi) is 4.69. The second-order valence-corrected chi connectivity index (χ2v) is 7.86. The van der Waals surface area contributed by atoms with E-state index in [2.05, 4.69) is 15.9 Å². The lowest BCUT2D eigenvalue weighted by Gasteiger charge is -2.31. The summed E-state index contributed by atoms with van der Waals surface area (Å²) in [7, 11) is -3.33. The maximum Gasteiger partial charge on any atom is 0.243 e. The van der Waals surface area contributed by atoms with Crippen LogP contribution in [0, 0.1) is 19.8 Å². The maximum absolute atomic E-state index is 12.6. The lowest BCUT2D eigenvalue weighted by molar-refractivity contribution is 0.285. The largest absolute Gasteiger partial charge is 0.243 e. The fourth-order valence-corrected chi connectivity index (χ4v) is 4.56. The van der Waals surface area contributed by atoms with E-state index in [4.69, 9.17) is 0 Å². The first-order valence-corrected chi connectivity index (χ1v) is 9.14. The number of aryl methyl sites for hydroxylation is 2. The molecule has 1 unspecified atom stereocenters. The van der Waals surface area contributed by atoms with E-state index in [0.717, 1.165) is 29.3 Å². The number of piperidine rings is 1. The first kappa shape index (κ1) is 15.0. The van der Waals surface area contributed by atoms with Crippen molar-refractivity contribution >= 4 is 26.0 Å². The van der Waals surface area contributed by atoms with Crippen molar-refractivity contribution in [2.75, 3.05) is 18.4 Å². The third-order valence-corrected chi connectivity index (χ3v) is 6.59. The van der Waals surface area contributed by atoms with E-state index in [1.54, 1.807) is 16.4 Å². The minimum atomic E-state index is -3.33. The standard InChI is InChI=1S/C14H20BrNO2S/c1-11-5-6-14(8-12(11)2)19(17,18)16-7-3-4-13(9-15)10-16/h5-6,8,13H,3-4,7,9-10H2,1-2H3. The summed E-state index contributed by atoms with van der Waals surface area (Å²) in [6.07, 6.45) is 2.05. The van der Waals surface area contributed by atoms with Gasteiger partial charge in [-0.15, -0.1) is 0 Å². The molecule has 19 heavy (non-hydrogen) atoms. The smallest absolute Gasteiger partial charge is 0.207 e. The van der Waals surface area contributed by atoms with Gasteiger partial charge in [0.15, 0.2) is 0 Å². The Labute approximate surface area is 124 Å². The first-order valence-electron chi connectivity index (χ1n) is 6.58. The summed E-state index contributed by atoms with van der Waals surface area (Å²) >= 11 is 3.46. The molecule has 1 aromatic carbocycles. The van der Waals surface area contributed by atoms with Crippen LogP contribution in [0.15, 0.2) is 23.1 Å². The van der Waals surface area contributed by atoms with Crippen molar-refractivity contribution in [3.05, 3.63) is 29.3 Å². The highest BCUT2D eigenvalue weighted by atomic mass is 79.9. The summed E-state index contributed by atoms with van der Waals surface area (Å²) < 4.78 is 26.9. The molecule has 0 saturated carbocycles. The van der Waals surface area contributed by atoms with Crippen LogP contribution < -0.4 is 0 Å². The number of hydrogen-bond donors (Lipinski definition) is 0. The van der Waals surface area contributed by atoms with Gasteiger partial charge in [0.05, 0.1) is 4.90 Å². The van der Waals surface area contributed by atoms with Crippen LogP contribution in [0.2, 0.25) is 0 Å². The second-order valence-electron chi connectivity index (χ2n) is 5.27. The molecule has 1 aliphatic heterocycles. The van der Waals surface area contributed by atoms with Crippen molar-refractivity contribution in [1.29, 1.82) is 0 Å². The summed E-state index contributed by atoms with van der Waals surface area (Å²) in [5, 5.41) is 0.867. The Morgan fingerprint density at radius 2 is 2.05 bits per heavy atom. The van der Waals surface area contributed by atoms with E-state index < -0.39 is 10.0 Å². The first-order chi connectivity index (χ1) is 8.95. The SMILES string of the molecule is Cc1ccc(S(=O)(=O)N2CCCC(CBr)C2)cc1C. The van der Waals surface area contributed by atoms with Crippen molar-refractivity contribution in [3.63, 3.8) is 0 Å². The minimum absolute atomic E-state index is 0.422. The van der Waals surface area contributed by atoms with E-state index >= 15 is 0 Å². The quantitative estimate of drug-likeness (QED) is 0.789.